The van der Waals surface area contributed by atoms with Crippen LogP contribution in [0.2, 0.25) is 0 Å². The normalized spacial score (nSPS) is 9.79. The van der Waals surface area contributed by atoms with Crippen molar-refractivity contribution in [3.8, 4) is 5.75 Å². The van der Waals surface area contributed by atoms with Crippen molar-refractivity contribution in [2.45, 2.75) is 26.7 Å². The van der Waals surface area contributed by atoms with Crippen LogP contribution in [0.15, 0.2) is 24.3 Å². The molecule has 4 nitrogen and oxygen atoms in total. The molecule has 104 valence electrons. The quantitative estimate of drug-likeness (QED) is 0.621. The molecule has 0 heterocycles. The van der Waals surface area contributed by atoms with Crippen LogP contribution in [0.1, 0.15) is 37.0 Å². The minimum Gasteiger partial charge on any atom is -0.494 e. The van der Waals surface area contributed by atoms with E-state index in [9.17, 15) is 4.79 Å². The first-order chi connectivity index (χ1) is 9.17. The summed E-state index contributed by atoms with van der Waals surface area (Å²) >= 11 is 5.04. The molecule has 0 aliphatic heterocycles. The van der Waals surface area contributed by atoms with Gasteiger partial charge in [-0.3, -0.25) is 10.1 Å². The molecule has 0 saturated carbocycles. The number of hydrogen-bond donors (Lipinski definition) is 2. The van der Waals surface area contributed by atoms with Crippen molar-refractivity contribution < 1.29 is 9.53 Å². The maximum Gasteiger partial charge on any atom is 0.257 e. The van der Waals surface area contributed by atoms with Crippen molar-refractivity contribution in [2.24, 2.45) is 0 Å². The zero-order chi connectivity index (χ0) is 14.1. The molecule has 1 aromatic rings. The molecule has 1 rings (SSSR count). The Labute approximate surface area is 119 Å². The van der Waals surface area contributed by atoms with E-state index >= 15 is 0 Å². The Morgan fingerprint density at radius 2 is 1.95 bits per heavy atom. The maximum atomic E-state index is 11.9. The summed E-state index contributed by atoms with van der Waals surface area (Å²) in [4.78, 5) is 11.9. The minimum atomic E-state index is -0.211. The molecule has 0 bridgehead atoms. The van der Waals surface area contributed by atoms with Gasteiger partial charge in [-0.2, -0.15) is 0 Å². The number of carbonyl (C=O) groups excluding carboxylic acids is 1. The Kier molecular flexibility index (Phi) is 6.89. The molecule has 19 heavy (non-hydrogen) atoms. The summed E-state index contributed by atoms with van der Waals surface area (Å²) in [6, 6.07) is 6.97. The zero-order valence-electron chi connectivity index (χ0n) is 11.4. The van der Waals surface area contributed by atoms with E-state index in [0.717, 1.165) is 25.1 Å². The summed E-state index contributed by atoms with van der Waals surface area (Å²) in [6.07, 6.45) is 2.11. The number of ether oxygens (including phenoxy) is 1. The summed E-state index contributed by atoms with van der Waals surface area (Å²) in [5, 5.41) is 6.01. The number of thiocarbonyl (C=S) groups is 1. The molecular weight excluding hydrogens is 260 g/mol. The fourth-order valence-corrected chi connectivity index (χ4v) is 1.66. The van der Waals surface area contributed by atoms with Gasteiger partial charge in [0.2, 0.25) is 0 Å². The molecule has 0 saturated heterocycles. The van der Waals surface area contributed by atoms with Crippen LogP contribution in [0.3, 0.4) is 0 Å². The summed E-state index contributed by atoms with van der Waals surface area (Å²) in [7, 11) is 0. The van der Waals surface area contributed by atoms with Crippen LogP contribution in [0.25, 0.3) is 0 Å². The van der Waals surface area contributed by atoms with E-state index in [4.69, 9.17) is 17.0 Å². The molecule has 0 atom stereocenters. The van der Waals surface area contributed by atoms with Gasteiger partial charge in [-0.25, -0.2) is 0 Å². The average molecular weight is 280 g/mol. The molecule has 0 aliphatic rings. The summed E-state index contributed by atoms with van der Waals surface area (Å²) < 4.78 is 5.32. The topological polar surface area (TPSA) is 50.4 Å². The number of benzene rings is 1. The monoisotopic (exact) mass is 280 g/mol. The van der Waals surface area contributed by atoms with Crippen LogP contribution in [-0.4, -0.2) is 24.2 Å². The third kappa shape index (κ3) is 5.70. The van der Waals surface area contributed by atoms with Crippen molar-refractivity contribution >= 4 is 23.2 Å². The molecule has 5 heteroatoms. The number of amides is 1. The lowest BCUT2D eigenvalue weighted by atomic mass is 10.2. The van der Waals surface area contributed by atoms with Gasteiger partial charge in [-0.15, -0.1) is 0 Å². The maximum absolute atomic E-state index is 11.9. The van der Waals surface area contributed by atoms with E-state index in [1.807, 2.05) is 6.92 Å². The number of rotatable bonds is 6. The van der Waals surface area contributed by atoms with Gasteiger partial charge < -0.3 is 10.1 Å². The van der Waals surface area contributed by atoms with Crippen LogP contribution in [0.5, 0.6) is 5.75 Å². The van der Waals surface area contributed by atoms with E-state index in [1.165, 1.54) is 0 Å². The molecule has 1 amide bonds. The molecule has 1 aromatic carbocycles. The van der Waals surface area contributed by atoms with Gasteiger partial charge in [0.1, 0.15) is 5.75 Å². The van der Waals surface area contributed by atoms with Crippen LogP contribution in [-0.2, 0) is 0 Å². The standard InChI is InChI=1S/C14H20N2O2S/c1-3-5-10-15-14(19)16-13(17)11-6-8-12(9-7-11)18-4-2/h6-9H,3-5,10H2,1-2H3,(H2,15,16,17,19). The third-order valence-corrected chi connectivity index (χ3v) is 2.72. The Bertz CT molecular complexity index is 418. The highest BCUT2D eigenvalue weighted by atomic mass is 32.1. The van der Waals surface area contributed by atoms with Gasteiger partial charge in [0, 0.05) is 12.1 Å². The van der Waals surface area contributed by atoms with Gasteiger partial charge in [0.05, 0.1) is 6.61 Å². The van der Waals surface area contributed by atoms with Gasteiger partial charge in [0.15, 0.2) is 5.11 Å². The van der Waals surface area contributed by atoms with E-state index in [0.29, 0.717) is 17.3 Å². The van der Waals surface area contributed by atoms with Gasteiger partial charge in [0.25, 0.3) is 5.91 Å². The Morgan fingerprint density at radius 3 is 2.53 bits per heavy atom. The SMILES string of the molecule is CCCCNC(=S)NC(=O)c1ccc(OCC)cc1. The predicted molar refractivity (Wildman–Crippen MR) is 80.6 cm³/mol. The molecule has 0 aliphatic carbocycles. The van der Waals surface area contributed by atoms with Crippen LogP contribution in [0, 0.1) is 0 Å². The minimum absolute atomic E-state index is 0.211. The molecule has 0 radical (unpaired) electrons. The van der Waals surface area contributed by atoms with E-state index < -0.39 is 0 Å². The highest BCUT2D eigenvalue weighted by Gasteiger charge is 2.07. The largest absolute Gasteiger partial charge is 0.494 e. The molecule has 2 N–H and O–H groups in total. The average Bonchev–Trinajstić information content (AvgIpc) is 2.40. The highest BCUT2D eigenvalue weighted by molar-refractivity contribution is 7.80. The molecular formula is C14H20N2O2S. The Balaban J connectivity index is 2.46. The first-order valence-electron chi connectivity index (χ1n) is 6.49. The molecule has 0 spiro atoms. The van der Waals surface area contributed by atoms with Crippen molar-refractivity contribution in [2.75, 3.05) is 13.2 Å². The number of nitrogens with one attached hydrogen (secondary N) is 2. The van der Waals surface area contributed by atoms with Crippen molar-refractivity contribution in [3.05, 3.63) is 29.8 Å². The highest BCUT2D eigenvalue weighted by Crippen LogP contribution is 2.11. The third-order valence-electron chi connectivity index (χ3n) is 2.47. The smallest absolute Gasteiger partial charge is 0.257 e. The lowest BCUT2D eigenvalue weighted by molar-refractivity contribution is 0.0976. The fraction of sp³-hybridized carbons (Fsp3) is 0.429. The summed E-state index contributed by atoms with van der Waals surface area (Å²) in [6.45, 7) is 5.40. The van der Waals surface area contributed by atoms with Gasteiger partial charge in [-0.05, 0) is 49.8 Å². The van der Waals surface area contributed by atoms with Crippen LogP contribution in [0.4, 0.5) is 0 Å². The second-order valence-corrected chi connectivity index (χ2v) is 4.43. The second-order valence-electron chi connectivity index (χ2n) is 4.02. The predicted octanol–water partition coefficient (Wildman–Crippen LogP) is 2.49. The number of carbonyl (C=O) groups is 1. The summed E-state index contributed by atoms with van der Waals surface area (Å²) in [5.41, 5.74) is 0.558. The summed E-state index contributed by atoms with van der Waals surface area (Å²) in [5.74, 6) is 0.541. The van der Waals surface area contributed by atoms with Crippen molar-refractivity contribution in [3.63, 3.8) is 0 Å². The van der Waals surface area contributed by atoms with E-state index in [2.05, 4.69) is 17.6 Å². The fourth-order valence-electron chi connectivity index (χ4n) is 1.47. The first kappa shape index (κ1) is 15.4. The lowest BCUT2D eigenvalue weighted by Crippen LogP contribution is -2.39. The number of unbranched alkanes of at least 4 members (excludes halogenated alkanes) is 1. The zero-order valence-corrected chi connectivity index (χ0v) is 12.2. The first-order valence-corrected chi connectivity index (χ1v) is 6.90. The van der Waals surface area contributed by atoms with Gasteiger partial charge >= 0.3 is 0 Å². The Hall–Kier alpha value is -1.62. The van der Waals surface area contributed by atoms with Crippen LogP contribution < -0.4 is 15.4 Å². The van der Waals surface area contributed by atoms with E-state index in [1.54, 1.807) is 24.3 Å². The second kappa shape index (κ2) is 8.48. The van der Waals surface area contributed by atoms with Crippen molar-refractivity contribution in [1.29, 1.82) is 0 Å². The Morgan fingerprint density at radius 1 is 1.26 bits per heavy atom. The van der Waals surface area contributed by atoms with Gasteiger partial charge in [-0.1, -0.05) is 13.3 Å². The van der Waals surface area contributed by atoms with E-state index in [-0.39, 0.29) is 5.91 Å². The molecule has 0 fully saturated rings. The number of hydrogen-bond acceptors (Lipinski definition) is 3. The van der Waals surface area contributed by atoms with Crippen LogP contribution >= 0.6 is 12.2 Å². The molecule has 0 aromatic heterocycles. The van der Waals surface area contributed by atoms with Crippen molar-refractivity contribution in [1.82, 2.24) is 10.6 Å². The molecule has 0 unspecified atom stereocenters. The lowest BCUT2D eigenvalue weighted by Gasteiger charge is -2.09.